The van der Waals surface area contributed by atoms with Gasteiger partial charge in [0.2, 0.25) is 0 Å². The van der Waals surface area contributed by atoms with E-state index in [-0.39, 0.29) is 0 Å². The predicted octanol–water partition coefficient (Wildman–Crippen LogP) is 18.2. The van der Waals surface area contributed by atoms with Crippen molar-refractivity contribution in [3.8, 4) is 22.4 Å². The molecule has 0 fully saturated rings. The molecule has 0 radical (unpaired) electrons. The highest BCUT2D eigenvalue weighted by Crippen LogP contribution is 2.46. The zero-order valence-corrected chi connectivity index (χ0v) is 38.1. The molecule has 7 aromatic carbocycles. The highest BCUT2D eigenvalue weighted by Gasteiger charge is 2.21. The number of aromatic nitrogens is 1. The van der Waals surface area contributed by atoms with Crippen molar-refractivity contribution in [1.82, 2.24) is 4.98 Å². The second-order valence-electron chi connectivity index (χ2n) is 17.1. The Hall–Kier alpha value is -7.61. The van der Waals surface area contributed by atoms with Gasteiger partial charge in [-0.2, -0.15) is 0 Å². The summed E-state index contributed by atoms with van der Waals surface area (Å²) >= 11 is 0. The number of para-hydroxylation sites is 1. The predicted molar refractivity (Wildman–Crippen MR) is 285 cm³/mol. The minimum Gasteiger partial charge on any atom is -0.247 e. The Labute approximate surface area is 384 Å². The molecule has 0 saturated carbocycles. The van der Waals surface area contributed by atoms with Gasteiger partial charge in [-0.1, -0.05) is 206 Å². The van der Waals surface area contributed by atoms with E-state index in [2.05, 4.69) is 234 Å². The summed E-state index contributed by atoms with van der Waals surface area (Å²) in [4.78, 5) is 5.38. The van der Waals surface area contributed by atoms with Gasteiger partial charge in [0, 0.05) is 16.3 Å². The van der Waals surface area contributed by atoms with Crippen LogP contribution in [-0.2, 0) is 0 Å². The lowest BCUT2D eigenvalue weighted by Gasteiger charge is -2.22. The smallest absolute Gasteiger partial charge is 0.0788 e. The highest BCUT2D eigenvalue weighted by atomic mass is 14.7. The van der Waals surface area contributed by atoms with Crippen molar-refractivity contribution >= 4 is 59.9 Å². The summed E-state index contributed by atoms with van der Waals surface area (Å²) in [6.07, 6.45) is 28.3. The van der Waals surface area contributed by atoms with Crippen molar-refractivity contribution in [2.75, 3.05) is 0 Å². The summed E-state index contributed by atoms with van der Waals surface area (Å²) in [6, 6.07) is 53.0. The number of benzene rings is 7. The number of pyridine rings is 1. The van der Waals surface area contributed by atoms with E-state index in [0.29, 0.717) is 0 Å². The topological polar surface area (TPSA) is 12.9 Å². The number of rotatable bonds is 11. The van der Waals surface area contributed by atoms with E-state index in [1.807, 2.05) is 19.1 Å². The molecule has 1 heteroatoms. The molecule has 0 aliphatic heterocycles. The first-order valence-electron chi connectivity index (χ1n) is 22.9. The lowest BCUT2D eigenvalue weighted by Crippen LogP contribution is -1.98. The van der Waals surface area contributed by atoms with Gasteiger partial charge in [0.15, 0.2) is 0 Å². The maximum absolute atomic E-state index is 5.38. The van der Waals surface area contributed by atoms with Gasteiger partial charge in [-0.3, -0.25) is 0 Å². The molecule has 1 aliphatic carbocycles. The Kier molecular flexibility index (Phi) is 12.8. The van der Waals surface area contributed by atoms with Crippen molar-refractivity contribution in [3.05, 3.63) is 252 Å². The van der Waals surface area contributed by atoms with Crippen molar-refractivity contribution in [3.63, 3.8) is 0 Å². The molecule has 1 nitrogen and oxygen atoms in total. The molecule has 0 atom stereocenters. The molecule has 65 heavy (non-hydrogen) atoms. The fourth-order valence-corrected chi connectivity index (χ4v) is 9.19. The van der Waals surface area contributed by atoms with Gasteiger partial charge in [-0.05, 0) is 148 Å². The first-order valence-corrected chi connectivity index (χ1v) is 22.9. The quantitative estimate of drug-likeness (QED) is 0.0718. The van der Waals surface area contributed by atoms with E-state index in [4.69, 9.17) is 4.98 Å². The van der Waals surface area contributed by atoms with E-state index in [0.717, 1.165) is 35.0 Å². The van der Waals surface area contributed by atoms with Gasteiger partial charge >= 0.3 is 0 Å². The Bertz CT molecular complexity index is 3390. The van der Waals surface area contributed by atoms with Crippen LogP contribution in [0, 0.1) is 0 Å². The molecule has 1 heterocycles. The van der Waals surface area contributed by atoms with Crippen LogP contribution in [0.5, 0.6) is 0 Å². The van der Waals surface area contributed by atoms with Crippen LogP contribution in [-0.4, -0.2) is 4.98 Å². The Morgan fingerprint density at radius 2 is 1.11 bits per heavy atom. The van der Waals surface area contributed by atoms with Gasteiger partial charge in [0.05, 0.1) is 11.2 Å². The average Bonchev–Trinajstić information content (AvgIpc) is 3.36. The van der Waals surface area contributed by atoms with Crippen LogP contribution in [0.15, 0.2) is 235 Å². The lowest BCUT2D eigenvalue weighted by molar-refractivity contribution is 0.973. The second kappa shape index (κ2) is 19.4. The average molecular weight is 838 g/mol. The van der Waals surface area contributed by atoms with Crippen LogP contribution >= 0.6 is 0 Å². The second-order valence-corrected chi connectivity index (χ2v) is 17.1. The largest absolute Gasteiger partial charge is 0.247 e. The third-order valence-electron chi connectivity index (χ3n) is 12.7. The van der Waals surface area contributed by atoms with Crippen LogP contribution in [0.2, 0.25) is 0 Å². The zero-order chi connectivity index (χ0) is 44.7. The van der Waals surface area contributed by atoms with Gasteiger partial charge in [-0.15, -0.1) is 0 Å². The summed E-state index contributed by atoms with van der Waals surface area (Å²) < 4.78 is 0. The lowest BCUT2D eigenvalue weighted by atomic mass is 9.82. The molecule has 1 aromatic heterocycles. The number of hydrogen-bond donors (Lipinski definition) is 0. The minimum atomic E-state index is 0.985. The molecular weight excluding hydrogens is 783 g/mol. The number of nitrogens with zero attached hydrogens (tertiary/aromatic N) is 1. The first-order chi connectivity index (χ1) is 31.9. The number of allylic oxidation sites excluding steroid dienone is 18. The molecule has 0 N–H and O–H groups in total. The molecule has 1 aliphatic rings. The maximum Gasteiger partial charge on any atom is 0.0788 e. The fraction of sp³-hybridized carbons (Fsp3) is 0.109. The molecular formula is C64H55N. The van der Waals surface area contributed by atoms with Crippen LogP contribution < -0.4 is 0 Å². The van der Waals surface area contributed by atoms with Crippen LogP contribution in [0.4, 0.5) is 0 Å². The fourth-order valence-electron chi connectivity index (χ4n) is 9.19. The summed E-state index contributed by atoms with van der Waals surface area (Å²) in [7, 11) is 0. The third-order valence-corrected chi connectivity index (χ3v) is 12.7. The summed E-state index contributed by atoms with van der Waals surface area (Å²) in [5, 5.41) is 8.50. The third kappa shape index (κ3) is 9.10. The standard InChI is InChI=1S/C64H55N/c1-6-7-8-9-11-22-44(2)35-36-46(4)49-25-20-27-51(41-49)62-56-31-15-16-32-57(56)63(52-28-21-26-50(42-52)47(5)38-37-45(3)48-23-12-10-13-24-48)60-43-53(39-40-58(60)62)64-59-33-17-14-29-54(59)55-30-18-19-34-61(55)65-64/h6-19,21-24,26-43H,20,25H2,1-5H3/b7-6-,9-8-,22-11+,44-35+,45-37+,46-36+,47-38+. The normalized spacial score (nSPS) is 14.5. The Morgan fingerprint density at radius 1 is 0.477 bits per heavy atom. The van der Waals surface area contributed by atoms with Crippen LogP contribution in [0.3, 0.4) is 0 Å². The molecule has 8 aromatic rings. The zero-order valence-electron chi connectivity index (χ0n) is 38.1. The number of hydrogen-bond acceptors (Lipinski definition) is 1. The number of fused-ring (bicyclic) bond motifs is 5. The van der Waals surface area contributed by atoms with E-state index in [1.165, 1.54) is 93.6 Å². The summed E-state index contributed by atoms with van der Waals surface area (Å²) in [5.74, 6) is 0. The highest BCUT2D eigenvalue weighted by molar-refractivity contribution is 6.21. The monoisotopic (exact) mass is 837 g/mol. The minimum absolute atomic E-state index is 0.985. The molecule has 9 rings (SSSR count). The Balaban J connectivity index is 1.23. The van der Waals surface area contributed by atoms with Crippen molar-refractivity contribution in [2.24, 2.45) is 0 Å². The van der Waals surface area contributed by atoms with E-state index in [9.17, 15) is 0 Å². The van der Waals surface area contributed by atoms with E-state index < -0.39 is 0 Å². The van der Waals surface area contributed by atoms with Crippen LogP contribution in [0.25, 0.3) is 82.3 Å². The Morgan fingerprint density at radius 3 is 1.89 bits per heavy atom. The summed E-state index contributed by atoms with van der Waals surface area (Å²) in [5.41, 5.74) is 16.9. The van der Waals surface area contributed by atoms with Crippen LogP contribution in [0.1, 0.15) is 64.2 Å². The molecule has 0 unspecified atom stereocenters. The van der Waals surface area contributed by atoms with Gasteiger partial charge in [0.1, 0.15) is 0 Å². The molecule has 0 saturated heterocycles. The van der Waals surface area contributed by atoms with E-state index in [1.54, 1.807) is 0 Å². The van der Waals surface area contributed by atoms with Crippen molar-refractivity contribution < 1.29 is 0 Å². The van der Waals surface area contributed by atoms with Crippen molar-refractivity contribution in [2.45, 2.75) is 47.5 Å². The van der Waals surface area contributed by atoms with E-state index >= 15 is 0 Å². The molecule has 0 spiro atoms. The van der Waals surface area contributed by atoms with Gasteiger partial charge < -0.3 is 0 Å². The maximum atomic E-state index is 5.38. The van der Waals surface area contributed by atoms with Gasteiger partial charge in [-0.25, -0.2) is 4.98 Å². The molecule has 316 valence electrons. The molecule has 0 bridgehead atoms. The van der Waals surface area contributed by atoms with Crippen molar-refractivity contribution in [1.29, 1.82) is 0 Å². The van der Waals surface area contributed by atoms with Gasteiger partial charge in [0.25, 0.3) is 0 Å². The molecule has 0 amide bonds. The summed E-state index contributed by atoms with van der Waals surface area (Å²) in [6.45, 7) is 10.8. The first kappa shape index (κ1) is 42.7. The SMILES string of the molecule is C\C=C/C=C\C=C\C(C)=C\C=C(/C)C1=CC(c2c3ccccc3c(-c3cccc(/C(C)=C/C=C(\C)c4ccccc4)c3)c3cc(-c4nc5ccccc5c5ccccc45)ccc23)=CCC1.